The Labute approximate surface area is 221 Å². The Balaban J connectivity index is 0.00000104. The van der Waals surface area contributed by atoms with E-state index < -0.39 is 0 Å². The maximum atomic E-state index is 12.2. The average molecular weight is 508 g/mol. The first-order valence-corrected chi connectivity index (χ1v) is 13.8. The summed E-state index contributed by atoms with van der Waals surface area (Å²) in [5, 5.41) is 0. The molecule has 208 valence electrons. The summed E-state index contributed by atoms with van der Waals surface area (Å²) in [7, 11) is 5.42. The number of nitrogens with zero attached hydrogens (tertiary/aromatic N) is 5. The third-order valence-electron chi connectivity index (χ3n) is 6.00. The van der Waals surface area contributed by atoms with Gasteiger partial charge in [0.2, 0.25) is 5.91 Å². The SMILES string of the molecule is C=CC(=O)N1CCN(c2nc(OC)nc(CC)c2CCC)CC1COC.CC.CC.CN1CCCC1. The predicted molar refractivity (Wildman–Crippen MR) is 151 cm³/mol. The van der Waals surface area contributed by atoms with Crippen LogP contribution in [0.2, 0.25) is 0 Å². The number of likely N-dealkylation sites (tertiary alicyclic amines) is 1. The number of hydrogen-bond acceptors (Lipinski definition) is 7. The molecule has 3 rings (SSSR count). The Hall–Kier alpha value is -2.19. The quantitative estimate of drug-likeness (QED) is 0.476. The first-order valence-electron chi connectivity index (χ1n) is 13.8. The van der Waals surface area contributed by atoms with Gasteiger partial charge in [0.15, 0.2) is 0 Å². The monoisotopic (exact) mass is 507 g/mol. The van der Waals surface area contributed by atoms with Gasteiger partial charge in [0.25, 0.3) is 0 Å². The molecule has 0 bridgehead atoms. The van der Waals surface area contributed by atoms with Crippen LogP contribution >= 0.6 is 0 Å². The van der Waals surface area contributed by atoms with E-state index in [2.05, 4.69) is 47.2 Å². The van der Waals surface area contributed by atoms with Gasteiger partial charge < -0.3 is 24.2 Å². The Morgan fingerprint density at radius 3 is 2.14 bits per heavy atom. The highest BCUT2D eigenvalue weighted by Crippen LogP contribution is 2.27. The molecule has 1 aromatic heterocycles. The fourth-order valence-corrected chi connectivity index (χ4v) is 4.31. The van der Waals surface area contributed by atoms with Gasteiger partial charge in [-0.05, 0) is 51.9 Å². The zero-order valence-electron chi connectivity index (χ0n) is 24.6. The third kappa shape index (κ3) is 10.4. The second kappa shape index (κ2) is 19.9. The van der Waals surface area contributed by atoms with Gasteiger partial charge in [0, 0.05) is 32.3 Å². The van der Waals surface area contributed by atoms with Crippen LogP contribution < -0.4 is 9.64 Å². The fraction of sp³-hybridized carbons (Fsp3) is 0.750. The maximum absolute atomic E-state index is 12.2. The van der Waals surface area contributed by atoms with Crippen LogP contribution in [0.5, 0.6) is 6.01 Å². The maximum Gasteiger partial charge on any atom is 0.318 e. The minimum atomic E-state index is -0.0602. The van der Waals surface area contributed by atoms with Crippen LogP contribution in [-0.2, 0) is 22.4 Å². The molecular weight excluding hydrogens is 454 g/mol. The van der Waals surface area contributed by atoms with Crippen molar-refractivity contribution in [3.63, 3.8) is 0 Å². The van der Waals surface area contributed by atoms with Crippen LogP contribution in [0, 0.1) is 0 Å². The zero-order valence-corrected chi connectivity index (χ0v) is 24.6. The first-order chi connectivity index (χ1) is 17.5. The van der Waals surface area contributed by atoms with E-state index in [1.54, 1.807) is 14.2 Å². The number of ether oxygens (including phenoxy) is 2. The standard InChI is InChI=1S/C19H30N4O3.C5H11N.2C2H6/c1-6-9-15-16(7-2)20-19(26-5)21-18(15)22-10-11-23(17(24)8-3)14(12-22)13-25-4;1-6-4-2-3-5-6;2*1-2/h8,14H,3,6-7,9-13H2,1-2,4-5H3;2-5H2,1H3;2*1-2H3. The number of piperazine rings is 1. The highest BCUT2D eigenvalue weighted by molar-refractivity contribution is 5.87. The minimum absolute atomic E-state index is 0.0419. The minimum Gasteiger partial charge on any atom is -0.467 e. The molecule has 8 heteroatoms. The second-order valence-corrected chi connectivity index (χ2v) is 8.36. The van der Waals surface area contributed by atoms with E-state index in [1.165, 1.54) is 37.6 Å². The summed E-state index contributed by atoms with van der Waals surface area (Å²) in [6, 6.07) is 0.351. The van der Waals surface area contributed by atoms with Crippen LogP contribution in [0.3, 0.4) is 0 Å². The number of amides is 1. The lowest BCUT2D eigenvalue weighted by Gasteiger charge is -2.42. The Bertz CT molecular complexity index is 738. The third-order valence-corrected chi connectivity index (χ3v) is 6.00. The number of hydrogen-bond donors (Lipinski definition) is 0. The van der Waals surface area contributed by atoms with Gasteiger partial charge in [-0.25, -0.2) is 0 Å². The zero-order chi connectivity index (χ0) is 27.5. The van der Waals surface area contributed by atoms with Crippen molar-refractivity contribution >= 4 is 11.7 Å². The lowest BCUT2D eigenvalue weighted by molar-refractivity contribution is -0.129. The largest absolute Gasteiger partial charge is 0.467 e. The van der Waals surface area contributed by atoms with E-state index in [1.807, 2.05) is 32.6 Å². The number of aromatic nitrogens is 2. The van der Waals surface area contributed by atoms with Gasteiger partial charge in [-0.15, -0.1) is 0 Å². The molecule has 0 aliphatic carbocycles. The van der Waals surface area contributed by atoms with E-state index in [9.17, 15) is 4.79 Å². The van der Waals surface area contributed by atoms with E-state index >= 15 is 0 Å². The van der Waals surface area contributed by atoms with Crippen molar-refractivity contribution in [2.75, 3.05) is 65.5 Å². The molecule has 1 aromatic rings. The molecule has 2 aliphatic rings. The van der Waals surface area contributed by atoms with Gasteiger partial charge in [0.1, 0.15) is 5.82 Å². The van der Waals surface area contributed by atoms with Crippen LogP contribution in [0.15, 0.2) is 12.7 Å². The molecule has 0 aromatic carbocycles. The van der Waals surface area contributed by atoms with Gasteiger partial charge in [-0.3, -0.25) is 4.79 Å². The lowest BCUT2D eigenvalue weighted by atomic mass is 10.1. The van der Waals surface area contributed by atoms with Crippen molar-refractivity contribution in [3.8, 4) is 6.01 Å². The van der Waals surface area contributed by atoms with Crippen molar-refractivity contribution in [2.24, 2.45) is 0 Å². The molecule has 2 fully saturated rings. The second-order valence-electron chi connectivity index (χ2n) is 8.36. The molecule has 1 unspecified atom stereocenters. The number of aryl methyl sites for hydroxylation is 1. The van der Waals surface area contributed by atoms with Crippen molar-refractivity contribution in [1.29, 1.82) is 0 Å². The summed E-state index contributed by atoms with van der Waals surface area (Å²) in [4.78, 5) is 27.8. The molecule has 3 heterocycles. The highest BCUT2D eigenvalue weighted by Gasteiger charge is 2.31. The molecule has 1 amide bonds. The smallest absolute Gasteiger partial charge is 0.318 e. The number of anilines is 1. The molecule has 0 spiro atoms. The van der Waals surface area contributed by atoms with E-state index in [4.69, 9.17) is 9.47 Å². The molecule has 2 saturated heterocycles. The van der Waals surface area contributed by atoms with E-state index in [-0.39, 0.29) is 11.9 Å². The Morgan fingerprint density at radius 1 is 1.06 bits per heavy atom. The molecule has 0 N–H and O–H groups in total. The van der Waals surface area contributed by atoms with Gasteiger partial charge >= 0.3 is 6.01 Å². The summed E-state index contributed by atoms with van der Waals surface area (Å²) < 4.78 is 10.7. The molecule has 0 saturated carbocycles. The normalized spacial score (nSPS) is 17.1. The average Bonchev–Trinajstić information content (AvgIpc) is 3.42. The molecule has 36 heavy (non-hydrogen) atoms. The molecule has 1 atom stereocenters. The highest BCUT2D eigenvalue weighted by atomic mass is 16.5. The number of methoxy groups -OCH3 is 2. The summed E-state index contributed by atoms with van der Waals surface area (Å²) >= 11 is 0. The summed E-state index contributed by atoms with van der Waals surface area (Å²) in [5.41, 5.74) is 2.21. The van der Waals surface area contributed by atoms with Crippen LogP contribution in [0.25, 0.3) is 0 Å². The molecule has 0 radical (unpaired) electrons. The first kappa shape index (κ1) is 33.8. The lowest BCUT2D eigenvalue weighted by Crippen LogP contribution is -2.57. The van der Waals surface area contributed by atoms with Crippen molar-refractivity contribution < 1.29 is 14.3 Å². The number of rotatable bonds is 8. The summed E-state index contributed by atoms with van der Waals surface area (Å²) in [5.74, 6) is 0.859. The van der Waals surface area contributed by atoms with E-state index in [0.717, 1.165) is 30.8 Å². The number of carbonyl (C=O) groups is 1. The van der Waals surface area contributed by atoms with Crippen LogP contribution in [0.4, 0.5) is 5.82 Å². The number of carbonyl (C=O) groups excluding carboxylic acids is 1. The Kier molecular flexibility index (Phi) is 18.7. The van der Waals surface area contributed by atoms with Gasteiger partial charge in [0.05, 0.1) is 25.5 Å². The fourth-order valence-electron chi connectivity index (χ4n) is 4.31. The molecular formula is C28H53N5O3. The van der Waals surface area contributed by atoms with Crippen molar-refractivity contribution in [2.45, 2.75) is 79.7 Å². The predicted octanol–water partition coefficient (Wildman–Crippen LogP) is 4.61. The topological polar surface area (TPSA) is 71.0 Å². The summed E-state index contributed by atoms with van der Waals surface area (Å²) in [6.45, 7) is 21.0. The van der Waals surface area contributed by atoms with Gasteiger partial charge in [-0.1, -0.05) is 54.5 Å². The van der Waals surface area contributed by atoms with Crippen LogP contribution in [-0.4, -0.2) is 92.3 Å². The summed E-state index contributed by atoms with van der Waals surface area (Å²) in [6.07, 6.45) is 6.96. The van der Waals surface area contributed by atoms with Crippen molar-refractivity contribution in [3.05, 3.63) is 23.9 Å². The molecule has 8 nitrogen and oxygen atoms in total. The van der Waals surface area contributed by atoms with Crippen LogP contribution in [0.1, 0.15) is 72.1 Å². The molecule has 2 aliphatic heterocycles. The Morgan fingerprint density at radius 2 is 1.69 bits per heavy atom. The van der Waals surface area contributed by atoms with Gasteiger partial charge in [-0.2, -0.15) is 9.97 Å². The van der Waals surface area contributed by atoms with Crippen molar-refractivity contribution in [1.82, 2.24) is 19.8 Å². The van der Waals surface area contributed by atoms with E-state index in [0.29, 0.717) is 32.3 Å².